The van der Waals surface area contributed by atoms with Gasteiger partial charge in [0.1, 0.15) is 0 Å². The Morgan fingerprint density at radius 1 is 1.14 bits per heavy atom. The average Bonchev–Trinajstić information content (AvgIpc) is 0.722. The second-order valence-corrected chi connectivity index (χ2v) is 1.34. The Labute approximate surface area is 103 Å². The Morgan fingerprint density at radius 2 is 1.14 bits per heavy atom. The molecule has 7 heavy (non-hydrogen) atoms. The quantitative estimate of drug-likeness (QED) is 0.339. The molecule has 0 saturated heterocycles. The Morgan fingerprint density at radius 3 is 1.14 bits per heavy atom. The smallest absolute Gasteiger partial charge is 3.00 e. The molecule has 7 heteroatoms. The summed E-state index contributed by atoms with van der Waals surface area (Å²) in [4.78, 5) is 25.6. The van der Waals surface area contributed by atoms with Gasteiger partial charge in [-0.3, -0.25) is 0 Å². The van der Waals surface area contributed by atoms with Crippen LogP contribution in [0.5, 0.6) is 0 Å². The summed E-state index contributed by atoms with van der Waals surface area (Å²) >= 11 is 0. The second-order valence-electron chi connectivity index (χ2n) is 0.447. The monoisotopic (exact) mass is 295 g/mol. The van der Waals surface area contributed by atoms with Gasteiger partial charge in [-0.2, -0.15) is 7.82 Å². The molecule has 0 rings (SSSR count). The van der Waals surface area contributed by atoms with Crippen molar-refractivity contribution in [3.05, 3.63) is 0 Å². The molecule has 0 heterocycles. The zero-order chi connectivity index (χ0) is 4.50. The summed E-state index contributed by atoms with van der Waals surface area (Å²) in [7, 11) is -5.39. The van der Waals surface area contributed by atoms with Gasteiger partial charge in [0.2, 0.25) is 0 Å². The van der Waals surface area contributed by atoms with Gasteiger partial charge in [0.15, 0.2) is 0 Å². The van der Waals surface area contributed by atoms with Gasteiger partial charge >= 0.3 is 77.7 Å². The maximum atomic E-state index is 8.55. The topological polar surface area (TPSA) is 86.2 Å². The van der Waals surface area contributed by atoms with E-state index in [2.05, 4.69) is 0 Å². The molecular formula is H2CaGdO4P. The number of hydrogen-bond acceptors (Lipinski definition) is 4. The Kier molecular flexibility index (Phi) is 15.9. The molecule has 0 saturated carbocycles. The maximum Gasteiger partial charge on any atom is 3.00 e. The maximum absolute atomic E-state index is 8.55. The normalized spacial score (nSPS) is 8.43. The summed E-state index contributed by atoms with van der Waals surface area (Å²) in [6, 6.07) is 0. The molecule has 0 aromatic heterocycles. The first-order valence-corrected chi connectivity index (χ1v) is 2.19. The van der Waals surface area contributed by atoms with Crippen LogP contribution in [0.25, 0.3) is 0 Å². The van der Waals surface area contributed by atoms with Gasteiger partial charge in [-0.05, 0) is 0 Å². The van der Waals surface area contributed by atoms with E-state index >= 15 is 0 Å². The van der Waals surface area contributed by atoms with Crippen LogP contribution in [-0.2, 0) is 4.57 Å². The first-order valence-electron chi connectivity index (χ1n) is 0.730. The largest absolute Gasteiger partial charge is 3.00 e. The molecule has 0 aliphatic heterocycles. The van der Waals surface area contributed by atoms with Crippen LogP contribution < -0.4 is 14.7 Å². The minimum atomic E-state index is -5.39. The Bertz CT molecular complexity index is 57.8. The molecule has 0 aromatic rings. The van der Waals surface area contributed by atoms with E-state index in [0.29, 0.717) is 0 Å². The molecule has 0 aliphatic carbocycles. The summed E-state index contributed by atoms with van der Waals surface area (Å²) in [5.74, 6) is 0. The zero-order valence-electron chi connectivity index (χ0n) is 2.43. The molecule has 0 aliphatic rings. The SMILES string of the molecule is O=P([O-])([O-])[O-].[CaH2].[Gd+3]. The predicted molar refractivity (Wildman–Crippen MR) is 16.2 cm³/mol. The van der Waals surface area contributed by atoms with Gasteiger partial charge in [-0.25, -0.2) is 0 Å². The van der Waals surface area contributed by atoms with Gasteiger partial charge < -0.3 is 19.2 Å². The van der Waals surface area contributed by atoms with Crippen molar-refractivity contribution in [1.82, 2.24) is 0 Å². The summed E-state index contributed by atoms with van der Waals surface area (Å²) in [6.07, 6.45) is 0. The van der Waals surface area contributed by atoms with Crippen molar-refractivity contribution in [3.63, 3.8) is 0 Å². The van der Waals surface area contributed by atoms with Gasteiger partial charge in [-0.1, -0.05) is 0 Å². The van der Waals surface area contributed by atoms with Gasteiger partial charge in [-0.15, -0.1) is 0 Å². The first kappa shape index (κ1) is 16.4. The Hall–Kier alpha value is 2.69. The fourth-order valence-corrected chi connectivity index (χ4v) is 0. The van der Waals surface area contributed by atoms with E-state index in [-0.39, 0.29) is 77.7 Å². The summed E-state index contributed by atoms with van der Waals surface area (Å²) in [5.41, 5.74) is 0. The number of phosphoric acid groups is 1. The van der Waals surface area contributed by atoms with Crippen LogP contribution in [-0.4, -0.2) is 37.7 Å². The van der Waals surface area contributed by atoms with Crippen LogP contribution >= 0.6 is 7.82 Å². The fourth-order valence-electron chi connectivity index (χ4n) is 0. The third-order valence-electron chi connectivity index (χ3n) is 0. The Balaban J connectivity index is -0.0000000800. The van der Waals surface area contributed by atoms with Crippen molar-refractivity contribution in [2.24, 2.45) is 0 Å². The molecule has 0 fully saturated rings. The molecule has 0 amide bonds. The second kappa shape index (κ2) is 6.81. The first-order chi connectivity index (χ1) is 2.00. The van der Waals surface area contributed by atoms with Crippen molar-refractivity contribution in [3.8, 4) is 0 Å². The summed E-state index contributed by atoms with van der Waals surface area (Å²) in [6.45, 7) is 0. The molecule has 4 nitrogen and oxygen atoms in total. The van der Waals surface area contributed by atoms with Gasteiger partial charge in [0.25, 0.3) is 0 Å². The van der Waals surface area contributed by atoms with Crippen molar-refractivity contribution >= 4 is 45.6 Å². The van der Waals surface area contributed by atoms with Crippen molar-refractivity contribution in [2.45, 2.75) is 0 Å². The third-order valence-corrected chi connectivity index (χ3v) is 0. The minimum absolute atomic E-state index is 0. The standard InChI is InChI=1S/Ca.Gd.H3O4P.2H/c;;1-5(2,3)4;;/h;;(H3,1,2,3,4);;/q;+3;;;/p-3. The van der Waals surface area contributed by atoms with Crippen molar-refractivity contribution < 1.29 is 59.2 Å². The van der Waals surface area contributed by atoms with E-state index in [4.69, 9.17) is 19.2 Å². The van der Waals surface area contributed by atoms with Crippen molar-refractivity contribution in [1.29, 1.82) is 0 Å². The van der Waals surface area contributed by atoms with Crippen LogP contribution in [0.2, 0.25) is 0 Å². The molecular weight excluding hydrogens is 292 g/mol. The molecule has 0 N–H and O–H groups in total. The molecule has 1 radical (unpaired) electrons. The molecule has 41 valence electrons. The molecule has 0 atom stereocenters. The fraction of sp³-hybridized carbons (Fsp3) is 0. The van der Waals surface area contributed by atoms with Crippen LogP contribution in [0.1, 0.15) is 0 Å². The van der Waals surface area contributed by atoms with Gasteiger partial charge in [0.05, 0.1) is 0 Å². The van der Waals surface area contributed by atoms with E-state index in [9.17, 15) is 0 Å². The molecule has 0 aromatic carbocycles. The van der Waals surface area contributed by atoms with Gasteiger partial charge in [0, 0.05) is 0 Å². The molecule has 0 bridgehead atoms. The average molecular weight is 294 g/mol. The van der Waals surface area contributed by atoms with Crippen LogP contribution in [0.15, 0.2) is 0 Å². The number of hydrogen-bond donors (Lipinski definition) is 0. The van der Waals surface area contributed by atoms with Crippen LogP contribution in [0.3, 0.4) is 0 Å². The molecule has 0 unspecified atom stereocenters. The minimum Gasteiger partial charge on any atom is 3.00 e. The molecule has 0 spiro atoms. The zero-order valence-corrected chi connectivity index (χ0v) is 5.60. The van der Waals surface area contributed by atoms with E-state index in [1.165, 1.54) is 0 Å². The third kappa shape index (κ3) is 53.7. The number of rotatable bonds is 0. The van der Waals surface area contributed by atoms with Crippen LogP contribution in [0.4, 0.5) is 0 Å². The van der Waals surface area contributed by atoms with Crippen LogP contribution in [0, 0.1) is 39.9 Å². The summed E-state index contributed by atoms with van der Waals surface area (Å²) in [5, 5.41) is 0. The summed E-state index contributed by atoms with van der Waals surface area (Å²) < 4.78 is 8.55. The van der Waals surface area contributed by atoms with E-state index in [1.807, 2.05) is 0 Å². The van der Waals surface area contributed by atoms with E-state index in [1.54, 1.807) is 0 Å². The van der Waals surface area contributed by atoms with E-state index < -0.39 is 7.82 Å². The van der Waals surface area contributed by atoms with E-state index in [0.717, 1.165) is 0 Å². The predicted octanol–water partition coefficient (Wildman–Crippen LogP) is -3.74. The van der Waals surface area contributed by atoms with Crippen molar-refractivity contribution in [2.75, 3.05) is 0 Å².